The summed E-state index contributed by atoms with van der Waals surface area (Å²) in [5, 5.41) is 5.33. The standard InChI is InChI=1S/C12H14Cl2N2O4/c1-19-3-2-15-12(18)16-11(17)7-20-10-5-8(13)4-9(14)6-10/h4-6H,2-3,7H2,1H3,(H2,15,16,17,18). The van der Waals surface area contributed by atoms with Gasteiger partial charge < -0.3 is 14.8 Å². The van der Waals surface area contributed by atoms with Crippen LogP contribution in [0.5, 0.6) is 5.75 Å². The molecule has 3 amide bonds. The number of nitrogens with one attached hydrogen (secondary N) is 2. The quantitative estimate of drug-likeness (QED) is 0.784. The molecule has 110 valence electrons. The van der Waals surface area contributed by atoms with Gasteiger partial charge in [-0.25, -0.2) is 4.79 Å². The molecular formula is C12H14Cl2N2O4. The van der Waals surface area contributed by atoms with E-state index in [1.54, 1.807) is 6.07 Å². The Morgan fingerprint density at radius 3 is 2.45 bits per heavy atom. The molecule has 0 bridgehead atoms. The topological polar surface area (TPSA) is 76.7 Å². The van der Waals surface area contributed by atoms with Crippen molar-refractivity contribution in [1.29, 1.82) is 0 Å². The average molecular weight is 321 g/mol. The Morgan fingerprint density at radius 1 is 1.20 bits per heavy atom. The number of imide groups is 1. The van der Waals surface area contributed by atoms with Gasteiger partial charge in [-0.2, -0.15) is 0 Å². The van der Waals surface area contributed by atoms with Gasteiger partial charge >= 0.3 is 6.03 Å². The van der Waals surface area contributed by atoms with Gasteiger partial charge in [0.25, 0.3) is 5.91 Å². The van der Waals surface area contributed by atoms with E-state index in [0.717, 1.165) is 0 Å². The number of carbonyl (C=O) groups is 2. The number of urea groups is 1. The molecule has 0 heterocycles. The number of halogens is 2. The fourth-order valence-electron chi connectivity index (χ4n) is 1.23. The van der Waals surface area contributed by atoms with Crippen LogP contribution in [0.1, 0.15) is 0 Å². The molecule has 1 rings (SSSR count). The molecule has 1 aromatic carbocycles. The summed E-state index contributed by atoms with van der Waals surface area (Å²) in [5.41, 5.74) is 0. The predicted molar refractivity (Wildman–Crippen MR) is 75.4 cm³/mol. The fourth-order valence-corrected chi connectivity index (χ4v) is 1.74. The molecular weight excluding hydrogens is 307 g/mol. The second kappa shape index (κ2) is 8.63. The normalized spacial score (nSPS) is 9.95. The van der Waals surface area contributed by atoms with Gasteiger partial charge in [-0.3, -0.25) is 10.1 Å². The van der Waals surface area contributed by atoms with Crippen LogP contribution in [0.2, 0.25) is 10.0 Å². The van der Waals surface area contributed by atoms with E-state index < -0.39 is 11.9 Å². The largest absolute Gasteiger partial charge is 0.484 e. The van der Waals surface area contributed by atoms with Gasteiger partial charge in [0.1, 0.15) is 5.75 Å². The number of hydrogen-bond acceptors (Lipinski definition) is 4. The molecule has 0 radical (unpaired) electrons. The van der Waals surface area contributed by atoms with E-state index in [9.17, 15) is 9.59 Å². The van der Waals surface area contributed by atoms with Gasteiger partial charge in [0, 0.05) is 23.7 Å². The van der Waals surface area contributed by atoms with Crippen molar-refractivity contribution in [1.82, 2.24) is 10.6 Å². The van der Waals surface area contributed by atoms with Crippen molar-refractivity contribution in [3.63, 3.8) is 0 Å². The van der Waals surface area contributed by atoms with Crippen LogP contribution in [0.15, 0.2) is 18.2 Å². The van der Waals surface area contributed by atoms with Crippen molar-refractivity contribution >= 4 is 35.1 Å². The first kappa shape index (κ1) is 16.6. The van der Waals surface area contributed by atoms with Gasteiger partial charge in [0.05, 0.1) is 6.61 Å². The molecule has 6 nitrogen and oxygen atoms in total. The first-order valence-electron chi connectivity index (χ1n) is 5.67. The van der Waals surface area contributed by atoms with E-state index in [0.29, 0.717) is 28.9 Å². The minimum atomic E-state index is -0.611. The molecule has 8 heteroatoms. The van der Waals surface area contributed by atoms with Crippen LogP contribution < -0.4 is 15.4 Å². The Kier molecular flexibility index (Phi) is 7.14. The number of methoxy groups -OCH3 is 1. The van der Waals surface area contributed by atoms with E-state index in [2.05, 4.69) is 10.6 Å². The van der Waals surface area contributed by atoms with Gasteiger partial charge in [-0.1, -0.05) is 23.2 Å². The number of carbonyl (C=O) groups excluding carboxylic acids is 2. The minimum Gasteiger partial charge on any atom is -0.484 e. The van der Waals surface area contributed by atoms with Crippen molar-refractivity contribution in [3.8, 4) is 5.75 Å². The number of rotatable bonds is 6. The lowest BCUT2D eigenvalue weighted by atomic mass is 10.3. The smallest absolute Gasteiger partial charge is 0.321 e. The lowest BCUT2D eigenvalue weighted by Gasteiger charge is -2.08. The molecule has 0 aliphatic heterocycles. The van der Waals surface area contributed by atoms with E-state index in [1.165, 1.54) is 19.2 Å². The minimum absolute atomic E-state index is 0.306. The summed E-state index contributed by atoms with van der Waals surface area (Å²) in [6.07, 6.45) is 0. The van der Waals surface area contributed by atoms with Crippen molar-refractivity contribution in [3.05, 3.63) is 28.2 Å². The Labute approximate surface area is 126 Å². The number of hydrogen-bond donors (Lipinski definition) is 2. The Morgan fingerprint density at radius 2 is 1.85 bits per heavy atom. The predicted octanol–water partition coefficient (Wildman–Crippen LogP) is 1.84. The van der Waals surface area contributed by atoms with Gasteiger partial charge in [0.15, 0.2) is 6.61 Å². The third kappa shape index (κ3) is 6.60. The van der Waals surface area contributed by atoms with Crippen LogP contribution >= 0.6 is 23.2 Å². The van der Waals surface area contributed by atoms with Crippen molar-refractivity contribution in [2.75, 3.05) is 26.9 Å². The van der Waals surface area contributed by atoms with Crippen LogP contribution in [0, 0.1) is 0 Å². The number of amides is 3. The fraction of sp³-hybridized carbons (Fsp3) is 0.333. The highest BCUT2D eigenvalue weighted by Crippen LogP contribution is 2.23. The number of ether oxygens (including phenoxy) is 2. The summed E-state index contributed by atoms with van der Waals surface area (Å²) in [6, 6.07) is 3.96. The van der Waals surface area contributed by atoms with Crippen LogP contribution in [-0.2, 0) is 9.53 Å². The zero-order valence-electron chi connectivity index (χ0n) is 10.7. The Balaban J connectivity index is 2.34. The van der Waals surface area contributed by atoms with Crippen molar-refractivity contribution in [2.45, 2.75) is 0 Å². The number of benzene rings is 1. The zero-order chi connectivity index (χ0) is 15.0. The summed E-state index contributed by atoms with van der Waals surface area (Å²) < 4.78 is 9.92. The SMILES string of the molecule is COCCNC(=O)NC(=O)COc1cc(Cl)cc(Cl)c1. The summed E-state index contributed by atoms with van der Waals surface area (Å²) in [5.74, 6) is -0.242. The molecule has 0 aromatic heterocycles. The van der Waals surface area contributed by atoms with Gasteiger partial charge in [-0.15, -0.1) is 0 Å². The Bertz CT molecular complexity index is 462. The third-order valence-corrected chi connectivity index (χ3v) is 2.49. The Hall–Kier alpha value is -1.50. The summed E-state index contributed by atoms with van der Waals surface area (Å²) >= 11 is 11.6. The highest BCUT2D eigenvalue weighted by atomic mass is 35.5. The molecule has 0 unspecified atom stereocenters. The van der Waals surface area contributed by atoms with Crippen LogP contribution in [0.3, 0.4) is 0 Å². The molecule has 0 aliphatic rings. The highest BCUT2D eigenvalue weighted by molar-refractivity contribution is 6.34. The second-order valence-corrected chi connectivity index (χ2v) is 4.56. The highest BCUT2D eigenvalue weighted by Gasteiger charge is 2.08. The monoisotopic (exact) mass is 320 g/mol. The third-order valence-electron chi connectivity index (χ3n) is 2.05. The molecule has 0 saturated heterocycles. The maximum atomic E-state index is 11.4. The maximum Gasteiger partial charge on any atom is 0.321 e. The summed E-state index contributed by atoms with van der Waals surface area (Å²) in [4.78, 5) is 22.7. The molecule has 0 saturated carbocycles. The lowest BCUT2D eigenvalue weighted by Crippen LogP contribution is -2.42. The van der Waals surface area contributed by atoms with Gasteiger partial charge in [0.2, 0.25) is 0 Å². The van der Waals surface area contributed by atoms with E-state index in [-0.39, 0.29) is 6.61 Å². The summed E-state index contributed by atoms with van der Waals surface area (Å²) in [6.45, 7) is 0.341. The second-order valence-electron chi connectivity index (χ2n) is 3.69. The van der Waals surface area contributed by atoms with Crippen LogP contribution in [-0.4, -0.2) is 38.8 Å². The molecule has 0 spiro atoms. The maximum absolute atomic E-state index is 11.4. The van der Waals surface area contributed by atoms with Gasteiger partial charge in [-0.05, 0) is 18.2 Å². The van der Waals surface area contributed by atoms with Crippen molar-refractivity contribution in [2.24, 2.45) is 0 Å². The van der Waals surface area contributed by atoms with E-state index in [4.69, 9.17) is 32.7 Å². The lowest BCUT2D eigenvalue weighted by molar-refractivity contribution is -0.122. The summed E-state index contributed by atoms with van der Waals surface area (Å²) in [7, 11) is 1.51. The molecule has 1 aromatic rings. The molecule has 0 aliphatic carbocycles. The average Bonchev–Trinajstić information content (AvgIpc) is 2.35. The van der Waals surface area contributed by atoms with Crippen LogP contribution in [0.4, 0.5) is 4.79 Å². The van der Waals surface area contributed by atoms with Crippen LogP contribution in [0.25, 0.3) is 0 Å². The molecule has 2 N–H and O–H groups in total. The zero-order valence-corrected chi connectivity index (χ0v) is 12.3. The first-order chi connectivity index (χ1) is 9.51. The molecule has 0 atom stereocenters. The van der Waals surface area contributed by atoms with E-state index in [1.807, 2.05) is 0 Å². The molecule has 20 heavy (non-hydrogen) atoms. The molecule has 0 fully saturated rings. The van der Waals surface area contributed by atoms with E-state index >= 15 is 0 Å². The van der Waals surface area contributed by atoms with Crippen molar-refractivity contribution < 1.29 is 19.1 Å². The first-order valence-corrected chi connectivity index (χ1v) is 6.42.